The first kappa shape index (κ1) is 22.8. The summed E-state index contributed by atoms with van der Waals surface area (Å²) in [6.45, 7) is 1.67. The summed E-state index contributed by atoms with van der Waals surface area (Å²) < 4.78 is 20.9. The molecule has 0 atom stereocenters. The number of ether oxygens (including phenoxy) is 1. The predicted octanol–water partition coefficient (Wildman–Crippen LogP) is 5.77. The molecule has 0 saturated heterocycles. The summed E-state index contributed by atoms with van der Waals surface area (Å²) in [7, 11) is 1.60. The number of hydrogen-bond acceptors (Lipinski definition) is 5. The molecule has 33 heavy (non-hydrogen) atoms. The molecule has 9 heteroatoms. The standard InChI is InChI=1S/C24H20ClFN4O2S/c1-15-3-8-18(13-21(15)26)27-22(31)14-33-24-29-28-23(16-4-6-17(25)7-5-16)30(24)19-9-11-20(32-2)12-10-19/h3-13H,14H2,1-2H3,(H,27,31). The number of hydrogen-bond donors (Lipinski definition) is 1. The normalized spacial score (nSPS) is 10.8. The Kier molecular flexibility index (Phi) is 6.96. The Morgan fingerprint density at radius 3 is 2.48 bits per heavy atom. The van der Waals surface area contributed by atoms with E-state index in [1.807, 2.05) is 41.0 Å². The fraction of sp³-hybridized carbons (Fsp3) is 0.125. The van der Waals surface area contributed by atoms with Crippen LogP contribution in [0.3, 0.4) is 0 Å². The van der Waals surface area contributed by atoms with E-state index in [4.69, 9.17) is 16.3 Å². The molecule has 3 aromatic carbocycles. The van der Waals surface area contributed by atoms with Crippen molar-refractivity contribution >= 4 is 35.0 Å². The Labute approximate surface area is 199 Å². The van der Waals surface area contributed by atoms with E-state index in [1.165, 1.54) is 17.8 Å². The molecule has 0 aliphatic heterocycles. The summed E-state index contributed by atoms with van der Waals surface area (Å²) in [5.41, 5.74) is 2.57. The number of methoxy groups -OCH3 is 1. The lowest BCUT2D eigenvalue weighted by molar-refractivity contribution is -0.113. The lowest BCUT2D eigenvalue weighted by Gasteiger charge is -2.11. The molecule has 168 valence electrons. The Hall–Kier alpha value is -3.36. The molecule has 4 rings (SSSR count). The van der Waals surface area contributed by atoms with Gasteiger partial charge in [-0.25, -0.2) is 4.39 Å². The van der Waals surface area contributed by atoms with E-state index in [1.54, 1.807) is 38.3 Å². The first-order valence-electron chi connectivity index (χ1n) is 9.99. The number of halogens is 2. The fourth-order valence-corrected chi connectivity index (χ4v) is 3.99. The maximum absolute atomic E-state index is 13.8. The number of carbonyl (C=O) groups excluding carboxylic acids is 1. The topological polar surface area (TPSA) is 69.0 Å². The third-order valence-electron chi connectivity index (χ3n) is 4.85. The summed E-state index contributed by atoms with van der Waals surface area (Å²) in [4.78, 5) is 12.5. The van der Waals surface area contributed by atoms with Crippen LogP contribution in [0.25, 0.3) is 17.1 Å². The van der Waals surface area contributed by atoms with Gasteiger partial charge < -0.3 is 10.1 Å². The van der Waals surface area contributed by atoms with Crippen molar-refractivity contribution in [3.8, 4) is 22.8 Å². The van der Waals surface area contributed by atoms with Gasteiger partial charge in [-0.05, 0) is 73.2 Å². The number of aromatic nitrogens is 3. The second-order valence-electron chi connectivity index (χ2n) is 7.15. The van der Waals surface area contributed by atoms with Gasteiger partial charge in [0.15, 0.2) is 11.0 Å². The monoisotopic (exact) mass is 482 g/mol. The Balaban J connectivity index is 1.59. The van der Waals surface area contributed by atoms with E-state index >= 15 is 0 Å². The first-order chi connectivity index (χ1) is 15.9. The van der Waals surface area contributed by atoms with Crippen LogP contribution in [0.4, 0.5) is 10.1 Å². The molecule has 0 saturated carbocycles. The number of benzene rings is 3. The van der Waals surface area contributed by atoms with Gasteiger partial charge in [-0.15, -0.1) is 10.2 Å². The quantitative estimate of drug-likeness (QED) is 0.338. The molecule has 1 heterocycles. The van der Waals surface area contributed by atoms with Crippen LogP contribution in [-0.4, -0.2) is 33.5 Å². The van der Waals surface area contributed by atoms with Crippen LogP contribution >= 0.6 is 23.4 Å². The summed E-state index contributed by atoms with van der Waals surface area (Å²) in [6, 6.07) is 19.3. The molecule has 1 N–H and O–H groups in total. The van der Waals surface area contributed by atoms with Crippen LogP contribution in [-0.2, 0) is 4.79 Å². The van der Waals surface area contributed by atoms with Crippen molar-refractivity contribution in [3.63, 3.8) is 0 Å². The zero-order chi connectivity index (χ0) is 23.4. The van der Waals surface area contributed by atoms with Crippen molar-refractivity contribution in [1.29, 1.82) is 0 Å². The van der Waals surface area contributed by atoms with Crippen LogP contribution in [0.2, 0.25) is 5.02 Å². The van der Waals surface area contributed by atoms with Crippen molar-refractivity contribution < 1.29 is 13.9 Å². The number of carbonyl (C=O) groups is 1. The molecule has 1 aromatic heterocycles. The molecular formula is C24H20ClFN4O2S. The van der Waals surface area contributed by atoms with Gasteiger partial charge >= 0.3 is 0 Å². The minimum Gasteiger partial charge on any atom is -0.497 e. The molecule has 0 spiro atoms. The Morgan fingerprint density at radius 2 is 1.82 bits per heavy atom. The van der Waals surface area contributed by atoms with E-state index in [0.717, 1.165) is 17.0 Å². The first-order valence-corrected chi connectivity index (χ1v) is 11.4. The smallest absolute Gasteiger partial charge is 0.234 e. The number of thioether (sulfide) groups is 1. The minimum atomic E-state index is -0.368. The zero-order valence-electron chi connectivity index (χ0n) is 17.9. The van der Waals surface area contributed by atoms with E-state index < -0.39 is 0 Å². The molecule has 0 bridgehead atoms. The van der Waals surface area contributed by atoms with Gasteiger partial charge in [0.1, 0.15) is 11.6 Å². The second kappa shape index (κ2) is 10.1. The predicted molar refractivity (Wildman–Crippen MR) is 129 cm³/mol. The van der Waals surface area contributed by atoms with Crippen molar-refractivity contribution in [2.75, 3.05) is 18.2 Å². The zero-order valence-corrected chi connectivity index (χ0v) is 19.5. The summed E-state index contributed by atoms with van der Waals surface area (Å²) in [5.74, 6) is 0.761. The SMILES string of the molecule is COc1ccc(-n2c(SCC(=O)Nc3ccc(C)c(F)c3)nnc2-c2ccc(Cl)cc2)cc1. The summed E-state index contributed by atoms with van der Waals surface area (Å²) >= 11 is 7.27. The molecule has 0 radical (unpaired) electrons. The highest BCUT2D eigenvalue weighted by molar-refractivity contribution is 7.99. The Bertz CT molecular complexity index is 1280. The lowest BCUT2D eigenvalue weighted by Crippen LogP contribution is -2.14. The molecule has 0 aliphatic carbocycles. The highest BCUT2D eigenvalue weighted by atomic mass is 35.5. The van der Waals surface area contributed by atoms with Gasteiger partial charge in [-0.3, -0.25) is 9.36 Å². The van der Waals surface area contributed by atoms with Gasteiger partial charge in [-0.1, -0.05) is 29.4 Å². The van der Waals surface area contributed by atoms with Crippen LogP contribution in [0, 0.1) is 12.7 Å². The molecule has 0 fully saturated rings. The van der Waals surface area contributed by atoms with E-state index in [2.05, 4.69) is 15.5 Å². The summed E-state index contributed by atoms with van der Waals surface area (Å²) in [5, 5.41) is 12.5. The molecular weight excluding hydrogens is 463 g/mol. The van der Waals surface area contributed by atoms with Gasteiger partial charge in [0.05, 0.1) is 12.9 Å². The Morgan fingerprint density at radius 1 is 1.09 bits per heavy atom. The minimum absolute atomic E-state index is 0.0738. The molecule has 0 aliphatic rings. The van der Waals surface area contributed by atoms with Gasteiger partial charge in [-0.2, -0.15) is 0 Å². The number of rotatable bonds is 7. The fourth-order valence-electron chi connectivity index (χ4n) is 3.11. The molecule has 0 unspecified atom stereocenters. The maximum Gasteiger partial charge on any atom is 0.234 e. The van der Waals surface area contributed by atoms with Gasteiger partial charge in [0.2, 0.25) is 5.91 Å². The number of aryl methyl sites for hydroxylation is 1. The number of nitrogens with zero attached hydrogens (tertiary/aromatic N) is 3. The second-order valence-corrected chi connectivity index (χ2v) is 8.53. The van der Waals surface area contributed by atoms with Crippen LogP contribution in [0.15, 0.2) is 71.9 Å². The van der Waals surface area contributed by atoms with Crippen molar-refractivity contribution in [2.45, 2.75) is 12.1 Å². The molecule has 4 aromatic rings. The van der Waals surface area contributed by atoms with Crippen LogP contribution in [0.5, 0.6) is 5.75 Å². The highest BCUT2D eigenvalue weighted by Crippen LogP contribution is 2.29. The molecule has 6 nitrogen and oxygen atoms in total. The summed E-state index contributed by atoms with van der Waals surface area (Å²) in [6.07, 6.45) is 0. The van der Waals surface area contributed by atoms with E-state index in [-0.39, 0.29) is 17.5 Å². The van der Waals surface area contributed by atoms with E-state index in [9.17, 15) is 9.18 Å². The average Bonchev–Trinajstić information content (AvgIpc) is 3.24. The van der Waals surface area contributed by atoms with Crippen molar-refractivity contribution in [1.82, 2.24) is 14.8 Å². The maximum atomic E-state index is 13.8. The van der Waals surface area contributed by atoms with Gasteiger partial charge in [0, 0.05) is 22.0 Å². The van der Waals surface area contributed by atoms with Crippen molar-refractivity contribution in [2.24, 2.45) is 0 Å². The highest BCUT2D eigenvalue weighted by Gasteiger charge is 2.18. The molecule has 1 amide bonds. The average molecular weight is 483 g/mol. The van der Waals surface area contributed by atoms with E-state index in [0.29, 0.717) is 27.3 Å². The number of amides is 1. The largest absolute Gasteiger partial charge is 0.497 e. The van der Waals surface area contributed by atoms with Crippen LogP contribution in [0.1, 0.15) is 5.56 Å². The number of anilines is 1. The number of nitrogens with one attached hydrogen (secondary N) is 1. The van der Waals surface area contributed by atoms with Gasteiger partial charge in [0.25, 0.3) is 0 Å². The lowest BCUT2D eigenvalue weighted by atomic mass is 10.2. The van der Waals surface area contributed by atoms with Crippen LogP contribution < -0.4 is 10.1 Å². The third kappa shape index (κ3) is 5.35. The van der Waals surface area contributed by atoms with Crippen molar-refractivity contribution in [3.05, 3.63) is 83.1 Å². The third-order valence-corrected chi connectivity index (χ3v) is 6.04.